The standard InChI is InChI=1S/C22H26O6/c1-19(2)11-10-17(23)20(3)22(19)14-13-21(26-20,27-28-22)12-9-15-5-7-16(8-6-15)18(24)25-4/h5-9,12-14,17,23H,10-11H2,1-4H3/b12-9+. The first-order valence-electron chi connectivity index (χ1n) is 9.50. The summed E-state index contributed by atoms with van der Waals surface area (Å²) in [6, 6.07) is 7.00. The molecule has 1 N–H and O–H groups in total. The molecule has 6 heteroatoms. The van der Waals surface area contributed by atoms with Gasteiger partial charge in [0, 0.05) is 5.41 Å². The van der Waals surface area contributed by atoms with Crippen LogP contribution in [0.3, 0.4) is 0 Å². The summed E-state index contributed by atoms with van der Waals surface area (Å²) < 4.78 is 11.1. The van der Waals surface area contributed by atoms with Gasteiger partial charge in [0.15, 0.2) is 5.60 Å². The van der Waals surface area contributed by atoms with E-state index in [1.54, 1.807) is 30.3 Å². The normalized spacial score (nSPS) is 38.4. The number of ether oxygens (including phenoxy) is 2. The van der Waals surface area contributed by atoms with Crippen molar-refractivity contribution in [2.75, 3.05) is 7.11 Å². The zero-order valence-electron chi connectivity index (χ0n) is 16.6. The van der Waals surface area contributed by atoms with Crippen LogP contribution in [0.2, 0.25) is 0 Å². The van der Waals surface area contributed by atoms with E-state index >= 15 is 0 Å². The van der Waals surface area contributed by atoms with Gasteiger partial charge in [0.25, 0.3) is 0 Å². The van der Waals surface area contributed by atoms with Crippen LogP contribution in [0.25, 0.3) is 6.08 Å². The van der Waals surface area contributed by atoms with Gasteiger partial charge in [-0.25, -0.2) is 9.68 Å². The van der Waals surface area contributed by atoms with Crippen LogP contribution in [0.4, 0.5) is 0 Å². The van der Waals surface area contributed by atoms with Gasteiger partial charge in [0.05, 0.1) is 18.8 Å². The molecule has 6 nitrogen and oxygen atoms in total. The molecule has 1 spiro atoms. The summed E-state index contributed by atoms with van der Waals surface area (Å²) in [4.78, 5) is 23.2. The van der Waals surface area contributed by atoms with E-state index in [2.05, 4.69) is 13.8 Å². The Balaban J connectivity index is 1.63. The zero-order valence-corrected chi connectivity index (χ0v) is 16.6. The van der Waals surface area contributed by atoms with Gasteiger partial charge in [-0.3, -0.25) is 0 Å². The average molecular weight is 386 g/mol. The number of methoxy groups -OCH3 is 1. The van der Waals surface area contributed by atoms with Crippen LogP contribution >= 0.6 is 0 Å². The van der Waals surface area contributed by atoms with Crippen molar-refractivity contribution in [1.29, 1.82) is 0 Å². The van der Waals surface area contributed by atoms with Gasteiger partial charge in [-0.2, -0.15) is 4.89 Å². The molecule has 1 saturated heterocycles. The van der Waals surface area contributed by atoms with Crippen molar-refractivity contribution < 1.29 is 29.1 Å². The van der Waals surface area contributed by atoms with Gasteiger partial charge in [-0.05, 0) is 55.7 Å². The molecule has 2 fully saturated rings. The van der Waals surface area contributed by atoms with E-state index in [1.807, 2.05) is 25.2 Å². The molecular weight excluding hydrogens is 360 g/mol. The smallest absolute Gasteiger partial charge is 0.337 e. The highest BCUT2D eigenvalue weighted by molar-refractivity contribution is 5.89. The number of carbonyl (C=O) groups is 1. The van der Waals surface area contributed by atoms with Crippen LogP contribution in [-0.4, -0.2) is 41.3 Å². The molecule has 150 valence electrons. The number of rotatable bonds is 3. The molecular formula is C22H26O6. The van der Waals surface area contributed by atoms with E-state index in [0.29, 0.717) is 12.0 Å². The molecule has 1 aromatic carbocycles. The van der Waals surface area contributed by atoms with Gasteiger partial charge < -0.3 is 14.6 Å². The Morgan fingerprint density at radius 2 is 1.89 bits per heavy atom. The summed E-state index contributed by atoms with van der Waals surface area (Å²) in [6.07, 6.45) is 8.18. The Hall–Kier alpha value is -1.99. The average Bonchev–Trinajstić information content (AvgIpc) is 2.70. The highest BCUT2D eigenvalue weighted by Crippen LogP contribution is 2.60. The number of aliphatic hydroxyl groups excluding tert-OH is 1. The Labute approximate surface area is 164 Å². The van der Waals surface area contributed by atoms with Crippen molar-refractivity contribution in [2.45, 2.75) is 56.7 Å². The third-order valence-corrected chi connectivity index (χ3v) is 6.49. The van der Waals surface area contributed by atoms with Crippen molar-refractivity contribution in [3.8, 4) is 0 Å². The van der Waals surface area contributed by atoms with Crippen LogP contribution in [0.5, 0.6) is 0 Å². The van der Waals surface area contributed by atoms with Crippen molar-refractivity contribution in [3.63, 3.8) is 0 Å². The molecule has 4 atom stereocenters. The molecule has 5 rings (SSSR count). The number of benzene rings is 1. The summed E-state index contributed by atoms with van der Waals surface area (Å²) in [5, 5.41) is 10.8. The largest absolute Gasteiger partial charge is 0.465 e. The van der Waals surface area contributed by atoms with E-state index in [1.165, 1.54) is 7.11 Å². The van der Waals surface area contributed by atoms with Gasteiger partial charge in [0.1, 0.15) is 5.60 Å². The van der Waals surface area contributed by atoms with E-state index in [0.717, 1.165) is 12.0 Å². The number of aliphatic hydroxyl groups is 1. The second kappa shape index (κ2) is 6.26. The summed E-state index contributed by atoms with van der Waals surface area (Å²) in [5.74, 6) is -1.60. The van der Waals surface area contributed by atoms with Crippen LogP contribution in [0, 0.1) is 5.41 Å². The van der Waals surface area contributed by atoms with Crippen LogP contribution < -0.4 is 0 Å². The molecule has 4 unspecified atom stereocenters. The molecule has 2 bridgehead atoms. The molecule has 28 heavy (non-hydrogen) atoms. The van der Waals surface area contributed by atoms with E-state index in [4.69, 9.17) is 19.2 Å². The van der Waals surface area contributed by atoms with Crippen molar-refractivity contribution in [1.82, 2.24) is 0 Å². The van der Waals surface area contributed by atoms with Crippen molar-refractivity contribution >= 4 is 12.0 Å². The fourth-order valence-corrected chi connectivity index (χ4v) is 4.59. The van der Waals surface area contributed by atoms with Crippen LogP contribution in [0.1, 0.15) is 49.5 Å². The fraction of sp³-hybridized carbons (Fsp3) is 0.500. The Morgan fingerprint density at radius 1 is 1.18 bits per heavy atom. The minimum atomic E-state index is -1.22. The lowest BCUT2D eigenvalue weighted by molar-refractivity contribution is -0.547. The zero-order chi connectivity index (χ0) is 20.2. The van der Waals surface area contributed by atoms with Crippen LogP contribution in [-0.2, 0) is 19.2 Å². The molecule has 3 heterocycles. The van der Waals surface area contributed by atoms with Gasteiger partial charge >= 0.3 is 5.97 Å². The van der Waals surface area contributed by atoms with E-state index in [-0.39, 0.29) is 11.4 Å². The number of hydrogen-bond donors (Lipinski definition) is 1. The SMILES string of the molecule is COC(=O)c1ccc(/C=C/C23C=CC4(OO2)C(C)(C)CCC(O)C4(C)O3)cc1. The lowest BCUT2D eigenvalue weighted by Gasteiger charge is -2.65. The minimum absolute atomic E-state index is 0.252. The Kier molecular flexibility index (Phi) is 4.32. The number of fused-ring (bicyclic) bond motifs is 1. The molecule has 0 amide bonds. The highest BCUT2D eigenvalue weighted by atomic mass is 17.3. The fourth-order valence-electron chi connectivity index (χ4n) is 4.59. The summed E-state index contributed by atoms with van der Waals surface area (Å²) in [7, 11) is 1.35. The summed E-state index contributed by atoms with van der Waals surface area (Å²) in [6.45, 7) is 6.09. The maximum Gasteiger partial charge on any atom is 0.337 e. The molecule has 0 radical (unpaired) electrons. The summed E-state index contributed by atoms with van der Waals surface area (Å²) >= 11 is 0. The van der Waals surface area contributed by atoms with Gasteiger partial charge in [0.2, 0.25) is 5.79 Å². The monoisotopic (exact) mass is 386 g/mol. The number of hydrogen-bond acceptors (Lipinski definition) is 6. The van der Waals surface area contributed by atoms with Crippen LogP contribution in [0.15, 0.2) is 42.5 Å². The number of esters is 1. The quantitative estimate of drug-likeness (QED) is 0.488. The third-order valence-electron chi connectivity index (χ3n) is 6.49. The second-order valence-corrected chi connectivity index (χ2v) is 8.55. The molecule has 1 saturated carbocycles. The Morgan fingerprint density at radius 3 is 2.50 bits per heavy atom. The lowest BCUT2D eigenvalue weighted by Crippen LogP contribution is -2.77. The molecule has 0 aromatic heterocycles. The lowest BCUT2D eigenvalue weighted by atomic mass is 9.56. The molecule has 1 aliphatic carbocycles. The minimum Gasteiger partial charge on any atom is -0.465 e. The predicted molar refractivity (Wildman–Crippen MR) is 102 cm³/mol. The highest BCUT2D eigenvalue weighted by Gasteiger charge is 2.71. The first kappa shape index (κ1) is 19.3. The molecule has 3 aliphatic heterocycles. The first-order chi connectivity index (χ1) is 13.2. The molecule has 4 aliphatic rings. The van der Waals surface area contributed by atoms with Crippen molar-refractivity contribution in [3.05, 3.63) is 53.6 Å². The third kappa shape index (κ3) is 2.59. The summed E-state index contributed by atoms with van der Waals surface area (Å²) in [5.41, 5.74) is -0.693. The predicted octanol–water partition coefficient (Wildman–Crippen LogP) is 3.41. The van der Waals surface area contributed by atoms with Crippen molar-refractivity contribution in [2.24, 2.45) is 5.41 Å². The van der Waals surface area contributed by atoms with E-state index < -0.39 is 23.1 Å². The maximum atomic E-state index is 11.6. The van der Waals surface area contributed by atoms with E-state index in [9.17, 15) is 9.90 Å². The maximum absolute atomic E-state index is 11.6. The first-order valence-corrected chi connectivity index (χ1v) is 9.50. The number of carbonyl (C=O) groups excluding carboxylic acids is 1. The second-order valence-electron chi connectivity index (χ2n) is 8.55. The van der Waals surface area contributed by atoms with Gasteiger partial charge in [-0.15, -0.1) is 0 Å². The Bertz CT molecular complexity index is 841. The van der Waals surface area contributed by atoms with Gasteiger partial charge in [-0.1, -0.05) is 32.1 Å². The topological polar surface area (TPSA) is 74.2 Å². The molecule has 1 aromatic rings.